The van der Waals surface area contributed by atoms with Gasteiger partial charge in [0.1, 0.15) is 5.82 Å². The average molecular weight is 286 g/mol. The van der Waals surface area contributed by atoms with Crippen molar-refractivity contribution in [1.82, 2.24) is 0 Å². The summed E-state index contributed by atoms with van der Waals surface area (Å²) in [6.07, 6.45) is 5.84. The summed E-state index contributed by atoms with van der Waals surface area (Å²) in [5, 5.41) is 0. The second-order valence-electron chi connectivity index (χ2n) is 4.66. The molecule has 3 heteroatoms. The molecule has 0 heterocycles. The Morgan fingerprint density at radius 2 is 2.06 bits per heavy atom. The minimum absolute atomic E-state index is 0.198. The van der Waals surface area contributed by atoms with E-state index in [9.17, 15) is 4.39 Å². The zero-order valence-corrected chi connectivity index (χ0v) is 10.8. The lowest BCUT2D eigenvalue weighted by Crippen LogP contribution is -2.34. The van der Waals surface area contributed by atoms with Gasteiger partial charge in [-0.2, -0.15) is 0 Å². The number of nitrogens with two attached hydrogens (primary N) is 1. The first-order valence-electron chi connectivity index (χ1n) is 5.86. The van der Waals surface area contributed by atoms with Gasteiger partial charge in [0.2, 0.25) is 0 Å². The third-order valence-electron chi connectivity index (χ3n) is 3.45. The molecule has 1 aromatic rings. The van der Waals surface area contributed by atoms with Crippen molar-refractivity contribution in [3.63, 3.8) is 0 Å². The fraction of sp³-hybridized carbons (Fsp3) is 0.538. The van der Waals surface area contributed by atoms with E-state index in [4.69, 9.17) is 5.73 Å². The van der Waals surface area contributed by atoms with Crippen LogP contribution in [0.4, 0.5) is 4.39 Å². The van der Waals surface area contributed by atoms with E-state index in [-0.39, 0.29) is 5.82 Å². The van der Waals surface area contributed by atoms with E-state index < -0.39 is 0 Å². The van der Waals surface area contributed by atoms with E-state index in [1.54, 1.807) is 0 Å². The summed E-state index contributed by atoms with van der Waals surface area (Å²) < 4.78 is 13.6. The van der Waals surface area contributed by atoms with Crippen molar-refractivity contribution in [3.8, 4) is 0 Å². The summed E-state index contributed by atoms with van der Waals surface area (Å²) in [4.78, 5) is 0. The van der Waals surface area contributed by atoms with Crippen LogP contribution in [0.1, 0.15) is 31.2 Å². The molecule has 0 aromatic heterocycles. The molecule has 0 radical (unpaired) electrons. The summed E-state index contributed by atoms with van der Waals surface area (Å²) in [7, 11) is 0. The van der Waals surface area contributed by atoms with Crippen LogP contribution in [-0.4, -0.2) is 6.04 Å². The summed E-state index contributed by atoms with van der Waals surface area (Å²) in [6, 6.07) is 5.57. The molecule has 0 aliphatic heterocycles. The Morgan fingerprint density at radius 3 is 2.75 bits per heavy atom. The van der Waals surface area contributed by atoms with Crippen LogP contribution < -0.4 is 5.73 Å². The van der Waals surface area contributed by atoms with Crippen LogP contribution >= 0.6 is 15.9 Å². The van der Waals surface area contributed by atoms with Crippen LogP contribution in [0.3, 0.4) is 0 Å². The van der Waals surface area contributed by atoms with Gasteiger partial charge in [0, 0.05) is 6.04 Å². The van der Waals surface area contributed by atoms with Gasteiger partial charge in [-0.3, -0.25) is 0 Å². The Kier molecular flexibility index (Phi) is 3.98. The molecule has 0 saturated heterocycles. The number of hydrogen-bond acceptors (Lipinski definition) is 1. The molecule has 2 unspecified atom stereocenters. The summed E-state index contributed by atoms with van der Waals surface area (Å²) in [6.45, 7) is 0. The van der Waals surface area contributed by atoms with Crippen molar-refractivity contribution in [1.29, 1.82) is 0 Å². The molecule has 2 N–H and O–H groups in total. The Bertz CT molecular complexity index is 367. The molecule has 88 valence electrons. The standard InChI is InChI=1S/C13H17BrFN/c14-11-8-9(5-6-12(11)15)7-10-3-1-2-4-13(10)16/h5-6,8,10,13H,1-4,7,16H2. The molecule has 1 aliphatic rings. The van der Waals surface area contributed by atoms with Crippen LogP contribution in [0.15, 0.2) is 22.7 Å². The van der Waals surface area contributed by atoms with Crippen LogP contribution in [0.5, 0.6) is 0 Å². The highest BCUT2D eigenvalue weighted by atomic mass is 79.9. The molecule has 2 rings (SSSR count). The summed E-state index contributed by atoms with van der Waals surface area (Å²) in [5.41, 5.74) is 7.29. The van der Waals surface area contributed by atoms with Gasteiger partial charge in [-0.05, 0) is 58.8 Å². The van der Waals surface area contributed by atoms with Gasteiger partial charge in [0.05, 0.1) is 4.47 Å². The zero-order chi connectivity index (χ0) is 11.5. The summed E-state index contributed by atoms with van der Waals surface area (Å²) in [5.74, 6) is 0.364. The van der Waals surface area contributed by atoms with Crippen molar-refractivity contribution in [2.75, 3.05) is 0 Å². The normalized spacial score (nSPS) is 25.7. The first kappa shape index (κ1) is 12.1. The van der Waals surface area contributed by atoms with Crippen molar-refractivity contribution in [2.45, 2.75) is 38.1 Å². The smallest absolute Gasteiger partial charge is 0.137 e. The average Bonchev–Trinajstić information content (AvgIpc) is 2.27. The van der Waals surface area contributed by atoms with Crippen molar-refractivity contribution < 1.29 is 4.39 Å². The van der Waals surface area contributed by atoms with E-state index in [1.165, 1.54) is 30.9 Å². The maximum atomic E-state index is 13.1. The van der Waals surface area contributed by atoms with E-state index in [0.29, 0.717) is 16.4 Å². The molecular formula is C13H17BrFN. The molecule has 1 saturated carbocycles. The van der Waals surface area contributed by atoms with Gasteiger partial charge >= 0.3 is 0 Å². The number of benzene rings is 1. The maximum Gasteiger partial charge on any atom is 0.137 e. The molecule has 0 bridgehead atoms. The van der Waals surface area contributed by atoms with Crippen molar-refractivity contribution in [2.24, 2.45) is 11.7 Å². The number of rotatable bonds is 2. The second kappa shape index (κ2) is 5.28. The predicted octanol–water partition coefficient (Wildman–Crippen LogP) is 3.65. The van der Waals surface area contributed by atoms with Crippen LogP contribution in [0, 0.1) is 11.7 Å². The first-order chi connectivity index (χ1) is 7.66. The van der Waals surface area contributed by atoms with Crippen molar-refractivity contribution in [3.05, 3.63) is 34.1 Å². The largest absolute Gasteiger partial charge is 0.327 e. The van der Waals surface area contributed by atoms with Gasteiger partial charge in [-0.15, -0.1) is 0 Å². The molecule has 0 amide bonds. The fourth-order valence-corrected chi connectivity index (χ4v) is 2.89. The zero-order valence-electron chi connectivity index (χ0n) is 9.26. The predicted molar refractivity (Wildman–Crippen MR) is 67.7 cm³/mol. The number of hydrogen-bond donors (Lipinski definition) is 1. The third-order valence-corrected chi connectivity index (χ3v) is 4.06. The SMILES string of the molecule is NC1CCCCC1Cc1ccc(F)c(Br)c1. The van der Waals surface area contributed by atoms with Crippen LogP contribution in [0.25, 0.3) is 0 Å². The third kappa shape index (κ3) is 2.83. The second-order valence-corrected chi connectivity index (χ2v) is 5.52. The minimum atomic E-state index is -0.198. The highest BCUT2D eigenvalue weighted by Crippen LogP contribution is 2.27. The maximum absolute atomic E-state index is 13.1. The van der Waals surface area contributed by atoms with Crippen LogP contribution in [-0.2, 0) is 6.42 Å². The highest BCUT2D eigenvalue weighted by molar-refractivity contribution is 9.10. The van der Waals surface area contributed by atoms with Crippen LogP contribution in [0.2, 0.25) is 0 Å². The molecule has 2 atom stereocenters. The van der Waals surface area contributed by atoms with Crippen molar-refractivity contribution >= 4 is 15.9 Å². The van der Waals surface area contributed by atoms with E-state index >= 15 is 0 Å². The molecule has 1 fully saturated rings. The van der Waals surface area contributed by atoms with Gasteiger partial charge in [0.25, 0.3) is 0 Å². The van der Waals surface area contributed by atoms with Gasteiger partial charge in [-0.25, -0.2) is 4.39 Å². The molecule has 1 nitrogen and oxygen atoms in total. The van der Waals surface area contributed by atoms with E-state index in [2.05, 4.69) is 15.9 Å². The molecular weight excluding hydrogens is 269 g/mol. The molecule has 0 spiro atoms. The summed E-state index contributed by atoms with van der Waals surface area (Å²) >= 11 is 3.22. The monoisotopic (exact) mass is 285 g/mol. The minimum Gasteiger partial charge on any atom is -0.327 e. The topological polar surface area (TPSA) is 26.0 Å². The lowest BCUT2D eigenvalue weighted by atomic mass is 9.81. The fourth-order valence-electron chi connectivity index (χ4n) is 2.46. The van der Waals surface area contributed by atoms with Gasteiger partial charge in [0.15, 0.2) is 0 Å². The quantitative estimate of drug-likeness (QED) is 0.882. The first-order valence-corrected chi connectivity index (χ1v) is 6.65. The lowest BCUT2D eigenvalue weighted by molar-refractivity contribution is 0.306. The van der Waals surface area contributed by atoms with Gasteiger partial charge in [-0.1, -0.05) is 18.9 Å². The lowest BCUT2D eigenvalue weighted by Gasteiger charge is -2.28. The molecule has 1 aliphatic carbocycles. The Balaban J connectivity index is 2.05. The Morgan fingerprint density at radius 1 is 1.31 bits per heavy atom. The Hall–Kier alpha value is -0.410. The Labute approximate surface area is 104 Å². The molecule has 16 heavy (non-hydrogen) atoms. The molecule has 1 aromatic carbocycles. The number of halogens is 2. The highest BCUT2D eigenvalue weighted by Gasteiger charge is 2.21. The van der Waals surface area contributed by atoms with E-state index in [1.807, 2.05) is 12.1 Å². The van der Waals surface area contributed by atoms with E-state index in [0.717, 1.165) is 12.8 Å². The van der Waals surface area contributed by atoms with Gasteiger partial charge < -0.3 is 5.73 Å².